The summed E-state index contributed by atoms with van der Waals surface area (Å²) in [4.78, 5) is 23.7. The lowest BCUT2D eigenvalue weighted by Crippen LogP contribution is -2.35. The number of nitrogens with one attached hydrogen (secondary N) is 1. The van der Waals surface area contributed by atoms with Crippen LogP contribution in [0.15, 0.2) is 47.4 Å². The van der Waals surface area contributed by atoms with Crippen molar-refractivity contribution in [2.75, 3.05) is 25.5 Å². The Hall–Kier alpha value is -2.91. The maximum atomic E-state index is 13.1. The van der Waals surface area contributed by atoms with Crippen LogP contribution in [0.4, 0.5) is 5.69 Å². The molecule has 29 heavy (non-hydrogen) atoms. The minimum atomic E-state index is -3.77. The first-order chi connectivity index (χ1) is 13.8. The van der Waals surface area contributed by atoms with Crippen LogP contribution in [0.3, 0.4) is 0 Å². The van der Waals surface area contributed by atoms with Gasteiger partial charge in [0.1, 0.15) is 10.6 Å². The van der Waals surface area contributed by atoms with Crippen molar-refractivity contribution in [1.29, 1.82) is 0 Å². The molecular weight excluding hydrogens is 394 g/mol. The van der Waals surface area contributed by atoms with E-state index >= 15 is 0 Å². The van der Waals surface area contributed by atoms with E-state index in [4.69, 9.17) is 10.5 Å². The lowest BCUT2D eigenvalue weighted by atomic mass is 10.1. The van der Waals surface area contributed by atoms with Crippen molar-refractivity contribution in [3.05, 3.63) is 53.6 Å². The first kappa shape index (κ1) is 20.8. The third-order valence-corrected chi connectivity index (χ3v) is 6.71. The normalized spacial score (nSPS) is 14.9. The number of sulfonamides is 1. The van der Waals surface area contributed by atoms with Gasteiger partial charge in [0.15, 0.2) is 0 Å². The molecule has 0 atom stereocenters. The van der Waals surface area contributed by atoms with E-state index in [2.05, 4.69) is 5.32 Å². The van der Waals surface area contributed by atoms with Crippen molar-refractivity contribution in [3.8, 4) is 5.75 Å². The van der Waals surface area contributed by atoms with E-state index in [1.165, 1.54) is 41.7 Å². The van der Waals surface area contributed by atoms with E-state index in [1.807, 2.05) is 0 Å². The Morgan fingerprint density at radius 3 is 2.21 bits per heavy atom. The number of ether oxygens (including phenoxy) is 1. The van der Waals surface area contributed by atoms with Gasteiger partial charge in [0.25, 0.3) is 5.91 Å². The summed E-state index contributed by atoms with van der Waals surface area (Å²) in [5.41, 5.74) is 6.16. The Kier molecular flexibility index (Phi) is 6.19. The molecule has 8 nitrogen and oxygen atoms in total. The highest BCUT2D eigenvalue weighted by atomic mass is 32.2. The molecule has 1 fully saturated rings. The molecule has 1 saturated heterocycles. The molecule has 0 aliphatic carbocycles. The van der Waals surface area contributed by atoms with Gasteiger partial charge in [0.2, 0.25) is 15.9 Å². The van der Waals surface area contributed by atoms with Crippen molar-refractivity contribution < 1.29 is 22.7 Å². The van der Waals surface area contributed by atoms with Crippen molar-refractivity contribution in [2.24, 2.45) is 5.73 Å². The van der Waals surface area contributed by atoms with Gasteiger partial charge in [-0.3, -0.25) is 9.59 Å². The van der Waals surface area contributed by atoms with Crippen LogP contribution in [-0.4, -0.2) is 44.7 Å². The van der Waals surface area contributed by atoms with Gasteiger partial charge in [-0.05, 0) is 55.3 Å². The molecule has 0 aromatic heterocycles. The molecule has 1 heterocycles. The molecule has 0 bridgehead atoms. The van der Waals surface area contributed by atoms with Gasteiger partial charge in [-0.2, -0.15) is 4.31 Å². The van der Waals surface area contributed by atoms with Crippen molar-refractivity contribution in [1.82, 2.24) is 4.31 Å². The van der Waals surface area contributed by atoms with Crippen molar-refractivity contribution in [2.45, 2.75) is 24.2 Å². The third-order valence-electron chi connectivity index (χ3n) is 4.79. The van der Waals surface area contributed by atoms with Gasteiger partial charge in [-0.1, -0.05) is 6.42 Å². The Balaban J connectivity index is 1.87. The van der Waals surface area contributed by atoms with Gasteiger partial charge in [-0.15, -0.1) is 0 Å². The summed E-state index contributed by atoms with van der Waals surface area (Å²) >= 11 is 0. The number of nitrogens with zero attached hydrogens (tertiary/aromatic N) is 1. The maximum Gasteiger partial charge on any atom is 0.255 e. The van der Waals surface area contributed by atoms with E-state index in [9.17, 15) is 18.0 Å². The zero-order chi connectivity index (χ0) is 21.0. The molecule has 0 saturated carbocycles. The summed E-state index contributed by atoms with van der Waals surface area (Å²) in [5, 5.41) is 2.68. The first-order valence-electron chi connectivity index (χ1n) is 9.22. The van der Waals surface area contributed by atoms with Crippen LogP contribution in [0.5, 0.6) is 5.75 Å². The SMILES string of the molecule is COc1ccc(C(=O)Nc2ccc(C(N)=O)cc2)cc1S(=O)(=O)N1CCCCC1. The predicted molar refractivity (Wildman–Crippen MR) is 109 cm³/mol. The average molecular weight is 417 g/mol. The molecule has 9 heteroatoms. The lowest BCUT2D eigenvalue weighted by Gasteiger charge is -2.26. The molecule has 3 N–H and O–H groups in total. The highest BCUT2D eigenvalue weighted by molar-refractivity contribution is 7.89. The number of piperidine rings is 1. The number of carbonyl (C=O) groups excluding carboxylic acids is 2. The van der Waals surface area contributed by atoms with E-state index in [-0.39, 0.29) is 16.2 Å². The minimum Gasteiger partial charge on any atom is -0.495 e. The number of primary amides is 1. The highest BCUT2D eigenvalue weighted by Crippen LogP contribution is 2.30. The summed E-state index contributed by atoms with van der Waals surface area (Å²) in [6, 6.07) is 10.4. The number of carbonyl (C=O) groups is 2. The van der Waals surface area contributed by atoms with Crippen molar-refractivity contribution >= 4 is 27.5 Å². The number of anilines is 1. The first-order valence-corrected chi connectivity index (χ1v) is 10.7. The van der Waals surface area contributed by atoms with Gasteiger partial charge in [0, 0.05) is 29.9 Å². The number of rotatable bonds is 6. The number of methoxy groups -OCH3 is 1. The van der Waals surface area contributed by atoms with Crippen molar-refractivity contribution in [3.63, 3.8) is 0 Å². The van der Waals surface area contributed by atoms with Crippen LogP contribution >= 0.6 is 0 Å². The second kappa shape index (κ2) is 8.62. The Labute approximate surface area is 169 Å². The number of amides is 2. The van der Waals surface area contributed by atoms with Crippen LogP contribution in [-0.2, 0) is 10.0 Å². The molecule has 2 aromatic rings. The zero-order valence-corrected chi connectivity index (χ0v) is 16.9. The number of hydrogen-bond donors (Lipinski definition) is 2. The van der Waals surface area contributed by atoms with Gasteiger partial charge in [-0.25, -0.2) is 8.42 Å². The molecule has 1 aliphatic heterocycles. The molecule has 1 aliphatic rings. The van der Waals surface area contributed by atoms with E-state index in [0.29, 0.717) is 24.3 Å². The maximum absolute atomic E-state index is 13.1. The largest absolute Gasteiger partial charge is 0.495 e. The summed E-state index contributed by atoms with van der Waals surface area (Å²) in [5.74, 6) is -0.849. The fourth-order valence-electron chi connectivity index (χ4n) is 3.18. The van der Waals surface area contributed by atoms with Gasteiger partial charge in [0.05, 0.1) is 7.11 Å². The number of nitrogens with two attached hydrogens (primary N) is 1. The molecule has 3 rings (SSSR count). The van der Waals surface area contributed by atoms with E-state index in [0.717, 1.165) is 19.3 Å². The Morgan fingerprint density at radius 2 is 1.62 bits per heavy atom. The monoisotopic (exact) mass is 417 g/mol. The number of hydrogen-bond acceptors (Lipinski definition) is 5. The molecule has 2 amide bonds. The summed E-state index contributed by atoms with van der Waals surface area (Å²) < 4.78 is 32.8. The van der Waals surface area contributed by atoms with Crippen LogP contribution < -0.4 is 15.8 Å². The average Bonchev–Trinajstić information content (AvgIpc) is 2.74. The standard InChI is InChI=1S/C20H23N3O5S/c1-28-17-10-7-15(13-18(17)29(26,27)23-11-3-2-4-12-23)20(25)22-16-8-5-14(6-9-16)19(21)24/h5-10,13H,2-4,11-12H2,1H3,(H2,21,24)(H,22,25). The van der Waals surface area contributed by atoms with Crippen LogP contribution in [0.1, 0.15) is 40.0 Å². The van der Waals surface area contributed by atoms with E-state index < -0.39 is 21.8 Å². The molecule has 0 radical (unpaired) electrons. The quantitative estimate of drug-likeness (QED) is 0.747. The zero-order valence-electron chi connectivity index (χ0n) is 16.1. The second-order valence-electron chi connectivity index (χ2n) is 6.73. The predicted octanol–water partition coefficient (Wildman–Crippen LogP) is 2.22. The van der Waals surface area contributed by atoms with E-state index in [1.54, 1.807) is 12.1 Å². The molecule has 0 unspecified atom stereocenters. The summed E-state index contributed by atoms with van der Waals surface area (Å²) in [7, 11) is -2.38. The fourth-order valence-corrected chi connectivity index (χ4v) is 4.88. The smallest absolute Gasteiger partial charge is 0.255 e. The third kappa shape index (κ3) is 4.57. The van der Waals surface area contributed by atoms with Gasteiger partial charge >= 0.3 is 0 Å². The Bertz CT molecular complexity index is 1010. The molecular formula is C20H23N3O5S. The molecule has 2 aromatic carbocycles. The number of benzene rings is 2. The topological polar surface area (TPSA) is 119 Å². The fraction of sp³-hybridized carbons (Fsp3) is 0.300. The van der Waals surface area contributed by atoms with Crippen LogP contribution in [0.25, 0.3) is 0 Å². The molecule has 0 spiro atoms. The van der Waals surface area contributed by atoms with Crippen LogP contribution in [0.2, 0.25) is 0 Å². The molecule has 154 valence electrons. The highest BCUT2D eigenvalue weighted by Gasteiger charge is 2.29. The summed E-state index contributed by atoms with van der Waals surface area (Å²) in [6.45, 7) is 0.905. The minimum absolute atomic E-state index is 0.0290. The lowest BCUT2D eigenvalue weighted by molar-refractivity contribution is 0.0998. The van der Waals surface area contributed by atoms with Gasteiger partial charge < -0.3 is 15.8 Å². The van der Waals surface area contributed by atoms with Crippen LogP contribution in [0, 0.1) is 0 Å². The Morgan fingerprint density at radius 1 is 1.00 bits per heavy atom. The second-order valence-corrected chi connectivity index (χ2v) is 8.63. The summed E-state index contributed by atoms with van der Waals surface area (Å²) in [6.07, 6.45) is 2.62.